The zero-order valence-electron chi connectivity index (χ0n) is 36.7. The maximum atomic E-state index is 10.8. The van der Waals surface area contributed by atoms with Crippen molar-refractivity contribution in [1.82, 2.24) is 19.5 Å². The van der Waals surface area contributed by atoms with Crippen molar-refractivity contribution in [3.63, 3.8) is 0 Å². The van der Waals surface area contributed by atoms with Crippen LogP contribution in [-0.2, 0) is 0 Å². The van der Waals surface area contributed by atoms with Gasteiger partial charge in [0, 0.05) is 49.7 Å². The van der Waals surface area contributed by atoms with Crippen molar-refractivity contribution in [2.75, 3.05) is 0 Å². The number of hydrogen-bond acceptors (Lipinski definition) is 7. The molecule has 11 aromatic rings. The summed E-state index contributed by atoms with van der Waals surface area (Å²) in [5.41, 5.74) is 13.2. The van der Waals surface area contributed by atoms with Gasteiger partial charge in [-0.05, 0) is 95.1 Å². The molecule has 0 fully saturated rings. The Balaban J connectivity index is 1.28. The molecule has 0 atom stereocenters. The summed E-state index contributed by atoms with van der Waals surface area (Å²) < 4.78 is 2.23. The monoisotopic (exact) mass is 878 g/mol. The van der Waals surface area contributed by atoms with Gasteiger partial charge in [0.2, 0.25) is 0 Å². The molecule has 8 heteroatoms. The second kappa shape index (κ2) is 17.6. The molecule has 318 valence electrons. The third kappa shape index (κ3) is 7.59. The number of aromatic nitrogens is 4. The first-order valence-electron chi connectivity index (χ1n) is 22.2. The van der Waals surface area contributed by atoms with Crippen molar-refractivity contribution in [3.05, 3.63) is 229 Å². The zero-order chi connectivity index (χ0) is 46.8. The van der Waals surface area contributed by atoms with Gasteiger partial charge >= 0.3 is 0 Å². The van der Waals surface area contributed by atoms with Gasteiger partial charge in [-0.25, -0.2) is 15.0 Å². The van der Waals surface area contributed by atoms with Gasteiger partial charge in [-0.1, -0.05) is 133 Å². The molecular weight excluding hydrogens is 845 g/mol. The molecule has 0 amide bonds. The number of nitriles is 4. The average Bonchev–Trinajstić information content (AvgIpc) is 3.75. The van der Waals surface area contributed by atoms with E-state index in [0.29, 0.717) is 67.5 Å². The van der Waals surface area contributed by atoms with E-state index < -0.39 is 0 Å². The van der Waals surface area contributed by atoms with Gasteiger partial charge in [0.15, 0.2) is 17.5 Å². The molecule has 0 aliphatic heterocycles. The van der Waals surface area contributed by atoms with Crippen molar-refractivity contribution >= 4 is 21.8 Å². The Morgan fingerprint density at radius 1 is 0.304 bits per heavy atom. The van der Waals surface area contributed by atoms with Crippen LogP contribution in [0.4, 0.5) is 0 Å². The zero-order valence-corrected chi connectivity index (χ0v) is 36.7. The number of hydrogen-bond donors (Lipinski definition) is 0. The maximum Gasteiger partial charge on any atom is 0.164 e. The van der Waals surface area contributed by atoms with E-state index in [9.17, 15) is 21.0 Å². The van der Waals surface area contributed by atoms with E-state index in [4.69, 9.17) is 15.0 Å². The highest BCUT2D eigenvalue weighted by molar-refractivity contribution is 6.13. The molecule has 0 saturated heterocycles. The Morgan fingerprint density at radius 2 is 0.696 bits per heavy atom. The van der Waals surface area contributed by atoms with Crippen LogP contribution in [0.2, 0.25) is 0 Å². The highest BCUT2D eigenvalue weighted by Gasteiger charge is 2.26. The van der Waals surface area contributed by atoms with Crippen LogP contribution in [0.5, 0.6) is 0 Å². The third-order valence-corrected chi connectivity index (χ3v) is 12.4. The van der Waals surface area contributed by atoms with Crippen LogP contribution in [0.3, 0.4) is 0 Å². The largest absolute Gasteiger partial charge is 0.308 e. The summed E-state index contributed by atoms with van der Waals surface area (Å²) in [5, 5.41) is 43.2. The lowest BCUT2D eigenvalue weighted by molar-refractivity contribution is 1.07. The highest BCUT2D eigenvalue weighted by atomic mass is 15.0. The fourth-order valence-electron chi connectivity index (χ4n) is 9.14. The summed E-state index contributed by atoms with van der Waals surface area (Å²) in [6.07, 6.45) is 0. The fraction of sp³-hybridized carbons (Fsp3) is 0. The first-order valence-corrected chi connectivity index (χ1v) is 22.2. The van der Waals surface area contributed by atoms with Crippen LogP contribution in [0.15, 0.2) is 206 Å². The minimum Gasteiger partial charge on any atom is -0.308 e. The van der Waals surface area contributed by atoms with E-state index in [1.165, 1.54) is 0 Å². The number of benzene rings is 9. The predicted molar refractivity (Wildman–Crippen MR) is 271 cm³/mol. The van der Waals surface area contributed by atoms with Crippen LogP contribution >= 0.6 is 0 Å². The van der Waals surface area contributed by atoms with Crippen molar-refractivity contribution < 1.29 is 0 Å². The lowest BCUT2D eigenvalue weighted by Crippen LogP contribution is -2.05. The van der Waals surface area contributed by atoms with Gasteiger partial charge in [0.05, 0.1) is 63.3 Å². The molecule has 0 aliphatic rings. The second-order valence-corrected chi connectivity index (χ2v) is 16.5. The Labute approximate surface area is 397 Å². The Kier molecular flexibility index (Phi) is 10.6. The van der Waals surface area contributed by atoms with Crippen LogP contribution in [0.1, 0.15) is 22.3 Å². The Hall–Kier alpha value is -10.3. The molecule has 9 aromatic carbocycles. The van der Waals surface area contributed by atoms with Crippen LogP contribution in [0.25, 0.3) is 106 Å². The molecule has 0 unspecified atom stereocenters. The van der Waals surface area contributed by atoms with Crippen LogP contribution in [0, 0.1) is 45.3 Å². The maximum absolute atomic E-state index is 10.8. The lowest BCUT2D eigenvalue weighted by atomic mass is 9.89. The molecule has 8 nitrogen and oxygen atoms in total. The Bertz CT molecular complexity index is 3760. The lowest BCUT2D eigenvalue weighted by Gasteiger charge is -2.22. The SMILES string of the molecule is N#Cc1cccc(-c2ccc3c(c2)c2cc(-c4cccc(C#N)c4)ccc2n3-c2c(-c3ccccc3C#N)cc(-c3nc(-c4ccccc4)nc(-c4ccccc4)n3)cc2-c2ccccc2C#N)c1. The molecule has 69 heavy (non-hydrogen) atoms. The normalized spacial score (nSPS) is 10.8. The summed E-state index contributed by atoms with van der Waals surface area (Å²) in [5.74, 6) is 1.41. The van der Waals surface area contributed by atoms with Gasteiger partial charge in [-0.3, -0.25) is 0 Å². The molecule has 0 radical (unpaired) electrons. The molecule has 11 rings (SSSR count). The molecule has 0 spiro atoms. The molecular formula is C61H34N8. The van der Waals surface area contributed by atoms with Gasteiger partial charge in [0.1, 0.15) is 0 Å². The molecule has 2 heterocycles. The van der Waals surface area contributed by atoms with E-state index in [2.05, 4.69) is 65.2 Å². The van der Waals surface area contributed by atoms with E-state index in [-0.39, 0.29) is 0 Å². The molecule has 0 N–H and O–H groups in total. The first kappa shape index (κ1) is 41.5. The summed E-state index contributed by atoms with van der Waals surface area (Å²) in [4.78, 5) is 15.3. The van der Waals surface area contributed by atoms with Crippen molar-refractivity contribution in [2.45, 2.75) is 0 Å². The van der Waals surface area contributed by atoms with Crippen molar-refractivity contribution in [1.29, 1.82) is 21.0 Å². The van der Waals surface area contributed by atoms with Crippen molar-refractivity contribution in [3.8, 4) is 109 Å². The smallest absolute Gasteiger partial charge is 0.164 e. The Morgan fingerprint density at radius 3 is 1.13 bits per heavy atom. The predicted octanol–water partition coefficient (Wildman–Crippen LogP) is 14.1. The molecule has 2 aromatic heterocycles. The number of rotatable bonds is 8. The number of nitrogens with zero attached hydrogens (tertiary/aromatic N) is 8. The summed E-state index contributed by atoms with van der Waals surface area (Å²) in [6, 6.07) is 76.0. The fourth-order valence-corrected chi connectivity index (χ4v) is 9.14. The van der Waals surface area contributed by atoms with E-state index in [1.54, 1.807) is 12.1 Å². The summed E-state index contributed by atoms with van der Waals surface area (Å²) in [7, 11) is 0. The minimum atomic E-state index is 0.413. The molecule has 0 aliphatic carbocycles. The molecule has 0 bridgehead atoms. The van der Waals surface area contributed by atoms with Gasteiger partial charge in [-0.15, -0.1) is 0 Å². The van der Waals surface area contributed by atoms with Gasteiger partial charge in [0.25, 0.3) is 0 Å². The van der Waals surface area contributed by atoms with E-state index in [0.717, 1.165) is 60.9 Å². The average molecular weight is 879 g/mol. The topological polar surface area (TPSA) is 139 Å². The van der Waals surface area contributed by atoms with Gasteiger partial charge in [-0.2, -0.15) is 21.0 Å². The molecule has 0 saturated carbocycles. The van der Waals surface area contributed by atoms with Crippen LogP contribution in [-0.4, -0.2) is 19.5 Å². The minimum absolute atomic E-state index is 0.413. The summed E-state index contributed by atoms with van der Waals surface area (Å²) >= 11 is 0. The quantitative estimate of drug-likeness (QED) is 0.148. The first-order chi connectivity index (χ1) is 34.0. The summed E-state index contributed by atoms with van der Waals surface area (Å²) in [6.45, 7) is 0. The van der Waals surface area contributed by atoms with E-state index >= 15 is 0 Å². The van der Waals surface area contributed by atoms with E-state index in [1.807, 2.05) is 158 Å². The standard InChI is InChI=1S/C61H34N8/c62-35-39-13-11-21-43(29-39)45-25-27-56-52(31-45)53-32-46(44-22-12-14-40(30-44)36-63)26-28-57(53)69(56)58-54(50-23-9-7-19-47(50)37-64)33-49(34-55(58)51-24-10-8-20-48(51)38-65)61-67-59(41-15-3-1-4-16-41)66-60(68-61)42-17-5-2-6-18-42/h1-34H. The van der Waals surface area contributed by atoms with Crippen molar-refractivity contribution in [2.24, 2.45) is 0 Å². The third-order valence-electron chi connectivity index (χ3n) is 12.4. The second-order valence-electron chi connectivity index (χ2n) is 16.5. The van der Waals surface area contributed by atoms with Crippen LogP contribution < -0.4 is 0 Å². The number of fused-ring (bicyclic) bond motifs is 3. The van der Waals surface area contributed by atoms with Gasteiger partial charge < -0.3 is 4.57 Å². The highest BCUT2D eigenvalue weighted by Crippen LogP contribution is 2.46.